The highest BCUT2D eigenvalue weighted by Gasteiger charge is 2.36. The van der Waals surface area contributed by atoms with E-state index in [4.69, 9.17) is 0 Å². The van der Waals surface area contributed by atoms with Gasteiger partial charge < -0.3 is 15.2 Å². The Balaban J connectivity index is 1.59. The van der Waals surface area contributed by atoms with Gasteiger partial charge in [-0.05, 0) is 36.2 Å². The van der Waals surface area contributed by atoms with Crippen molar-refractivity contribution in [3.05, 3.63) is 101 Å². The molecule has 0 spiro atoms. The van der Waals surface area contributed by atoms with E-state index in [1.165, 1.54) is 17.0 Å². The average molecular weight is 421 g/mol. The Labute approximate surface area is 176 Å². The fourth-order valence-corrected chi connectivity index (χ4v) is 4.26. The zero-order valence-electron chi connectivity index (χ0n) is 16.3. The highest BCUT2D eigenvalue weighted by atomic mass is 19.1. The molecular weight excluding hydrogens is 403 g/mol. The largest absolute Gasteiger partial charge is 0.356 e. The number of halogens is 3. The van der Waals surface area contributed by atoms with Gasteiger partial charge in [-0.25, -0.2) is 18.0 Å². The summed E-state index contributed by atoms with van der Waals surface area (Å²) in [7, 11) is 0. The normalized spacial score (nSPS) is 15.7. The van der Waals surface area contributed by atoms with E-state index in [1.807, 2.05) is 24.3 Å². The number of nitrogens with one attached hydrogen (secondary N) is 2. The van der Waals surface area contributed by atoms with Crippen molar-refractivity contribution < 1.29 is 18.0 Å². The van der Waals surface area contributed by atoms with Crippen LogP contribution in [0.25, 0.3) is 10.9 Å². The summed E-state index contributed by atoms with van der Waals surface area (Å²) in [5, 5.41) is 3.53. The number of para-hydroxylation sites is 1. The number of fused-ring (bicyclic) bond motifs is 3. The predicted molar refractivity (Wildman–Crippen MR) is 112 cm³/mol. The first-order chi connectivity index (χ1) is 15.0. The molecule has 0 bridgehead atoms. The van der Waals surface area contributed by atoms with E-state index in [1.54, 1.807) is 18.2 Å². The molecule has 0 saturated carbocycles. The van der Waals surface area contributed by atoms with Gasteiger partial charge in [0.25, 0.3) is 0 Å². The van der Waals surface area contributed by atoms with Gasteiger partial charge >= 0.3 is 6.03 Å². The van der Waals surface area contributed by atoms with E-state index in [0.29, 0.717) is 24.6 Å². The molecule has 1 atom stereocenters. The summed E-state index contributed by atoms with van der Waals surface area (Å²) >= 11 is 0. The van der Waals surface area contributed by atoms with Crippen LogP contribution in [0.15, 0.2) is 66.7 Å². The first-order valence-electron chi connectivity index (χ1n) is 9.89. The number of benzene rings is 3. The summed E-state index contributed by atoms with van der Waals surface area (Å²) in [5.74, 6) is -2.05. The van der Waals surface area contributed by atoms with Crippen LogP contribution >= 0.6 is 0 Å². The molecule has 3 aromatic carbocycles. The Morgan fingerprint density at radius 3 is 2.55 bits per heavy atom. The van der Waals surface area contributed by atoms with Gasteiger partial charge in [0.05, 0.1) is 5.69 Å². The smallest absolute Gasteiger partial charge is 0.322 e. The molecule has 0 aliphatic carbocycles. The van der Waals surface area contributed by atoms with Crippen LogP contribution in [0.1, 0.15) is 22.9 Å². The van der Waals surface area contributed by atoms with E-state index in [9.17, 15) is 18.0 Å². The summed E-state index contributed by atoms with van der Waals surface area (Å²) in [4.78, 5) is 18.0. The summed E-state index contributed by atoms with van der Waals surface area (Å²) in [6.07, 6.45) is 0.559. The van der Waals surface area contributed by atoms with E-state index < -0.39 is 29.5 Å². The van der Waals surface area contributed by atoms with E-state index in [0.717, 1.165) is 28.2 Å². The highest BCUT2D eigenvalue weighted by molar-refractivity contribution is 5.91. The third-order valence-corrected chi connectivity index (χ3v) is 5.67. The van der Waals surface area contributed by atoms with Crippen molar-refractivity contribution in [3.8, 4) is 0 Å². The SMILES string of the molecule is O=C(Nc1ccc(F)cc1F)N1CCc2c([nH]c3ccccc23)C1c1ccccc1F. The lowest BCUT2D eigenvalue weighted by Crippen LogP contribution is -2.43. The number of urea groups is 1. The van der Waals surface area contributed by atoms with Crippen LogP contribution in [0.4, 0.5) is 23.7 Å². The number of carbonyl (C=O) groups excluding carboxylic acids is 1. The van der Waals surface area contributed by atoms with Gasteiger partial charge in [-0.3, -0.25) is 0 Å². The number of aromatic amines is 1. The van der Waals surface area contributed by atoms with Crippen molar-refractivity contribution in [3.63, 3.8) is 0 Å². The zero-order valence-corrected chi connectivity index (χ0v) is 16.3. The second kappa shape index (κ2) is 7.50. The van der Waals surface area contributed by atoms with Crippen LogP contribution in [0.5, 0.6) is 0 Å². The number of hydrogen-bond donors (Lipinski definition) is 2. The molecule has 2 N–H and O–H groups in total. The minimum Gasteiger partial charge on any atom is -0.356 e. The van der Waals surface area contributed by atoms with E-state index >= 15 is 0 Å². The fourth-order valence-electron chi connectivity index (χ4n) is 4.26. The molecule has 0 fully saturated rings. The lowest BCUT2D eigenvalue weighted by Gasteiger charge is -2.36. The number of anilines is 1. The molecule has 1 unspecified atom stereocenters. The lowest BCUT2D eigenvalue weighted by molar-refractivity contribution is 0.191. The van der Waals surface area contributed by atoms with E-state index in [2.05, 4.69) is 10.3 Å². The number of aromatic nitrogens is 1. The van der Waals surface area contributed by atoms with Gasteiger partial charge in [0.15, 0.2) is 0 Å². The molecule has 1 aliphatic rings. The molecule has 2 amide bonds. The third-order valence-electron chi connectivity index (χ3n) is 5.67. The van der Waals surface area contributed by atoms with Gasteiger partial charge in [-0.15, -0.1) is 0 Å². The quantitative estimate of drug-likeness (QED) is 0.424. The summed E-state index contributed by atoms with van der Waals surface area (Å²) < 4.78 is 42.1. The number of nitrogens with zero attached hydrogens (tertiary/aromatic N) is 1. The van der Waals surface area contributed by atoms with Crippen LogP contribution in [0.3, 0.4) is 0 Å². The van der Waals surface area contributed by atoms with Crippen molar-refractivity contribution in [1.29, 1.82) is 0 Å². The van der Waals surface area contributed by atoms with Crippen molar-refractivity contribution in [2.24, 2.45) is 0 Å². The summed E-state index contributed by atoms with van der Waals surface area (Å²) in [5.41, 5.74) is 2.86. The molecule has 2 heterocycles. The van der Waals surface area contributed by atoms with Crippen LogP contribution in [0, 0.1) is 17.5 Å². The Morgan fingerprint density at radius 2 is 1.74 bits per heavy atom. The molecule has 4 nitrogen and oxygen atoms in total. The Morgan fingerprint density at radius 1 is 0.968 bits per heavy atom. The maximum absolute atomic E-state index is 14.8. The van der Waals surface area contributed by atoms with Gasteiger partial charge in [-0.1, -0.05) is 36.4 Å². The second-order valence-corrected chi connectivity index (χ2v) is 7.48. The molecule has 156 valence electrons. The molecule has 1 aliphatic heterocycles. The number of rotatable bonds is 2. The van der Waals surface area contributed by atoms with Crippen LogP contribution in [0.2, 0.25) is 0 Å². The molecule has 0 saturated heterocycles. The van der Waals surface area contributed by atoms with Crippen molar-refractivity contribution >= 4 is 22.6 Å². The van der Waals surface area contributed by atoms with Crippen molar-refractivity contribution in [2.75, 3.05) is 11.9 Å². The standard InChI is InChI=1S/C24H18F3N3O/c25-14-9-10-21(19(27)13-14)29-24(31)30-12-11-16-15-5-2-4-8-20(15)28-22(16)23(30)17-6-1-3-7-18(17)26/h1-10,13,23,28H,11-12H2,(H,29,31). The summed E-state index contributed by atoms with van der Waals surface area (Å²) in [6.45, 7) is 0.308. The molecule has 4 aromatic rings. The monoisotopic (exact) mass is 421 g/mol. The summed E-state index contributed by atoms with van der Waals surface area (Å²) in [6, 6.07) is 15.7. The zero-order chi connectivity index (χ0) is 21.5. The molecule has 0 radical (unpaired) electrons. The minimum absolute atomic E-state index is 0.138. The average Bonchev–Trinajstić information content (AvgIpc) is 3.14. The molecule has 7 heteroatoms. The maximum atomic E-state index is 14.8. The third kappa shape index (κ3) is 3.32. The lowest BCUT2D eigenvalue weighted by atomic mass is 9.92. The fraction of sp³-hybridized carbons (Fsp3) is 0.125. The number of H-pyrrole nitrogens is 1. The Kier molecular flexibility index (Phi) is 4.66. The Bertz CT molecular complexity index is 1300. The Hall–Kier alpha value is -3.74. The maximum Gasteiger partial charge on any atom is 0.322 e. The first kappa shape index (κ1) is 19.2. The minimum atomic E-state index is -0.876. The first-order valence-corrected chi connectivity index (χ1v) is 9.89. The van der Waals surface area contributed by atoms with Gasteiger partial charge in [0, 0.05) is 34.8 Å². The molecule has 5 rings (SSSR count). The van der Waals surface area contributed by atoms with Gasteiger partial charge in [-0.2, -0.15) is 0 Å². The number of hydrogen-bond acceptors (Lipinski definition) is 1. The van der Waals surface area contributed by atoms with E-state index in [-0.39, 0.29) is 5.69 Å². The number of amides is 2. The second-order valence-electron chi connectivity index (χ2n) is 7.48. The van der Waals surface area contributed by atoms with Gasteiger partial charge in [0.2, 0.25) is 0 Å². The topological polar surface area (TPSA) is 48.1 Å². The number of carbonyl (C=O) groups is 1. The van der Waals surface area contributed by atoms with Crippen LogP contribution < -0.4 is 5.32 Å². The van der Waals surface area contributed by atoms with Crippen molar-refractivity contribution in [1.82, 2.24) is 9.88 Å². The van der Waals surface area contributed by atoms with Crippen LogP contribution in [-0.2, 0) is 6.42 Å². The highest BCUT2D eigenvalue weighted by Crippen LogP contribution is 2.39. The molecule has 1 aromatic heterocycles. The molecule has 31 heavy (non-hydrogen) atoms. The predicted octanol–water partition coefficient (Wildman–Crippen LogP) is 5.76. The van der Waals surface area contributed by atoms with Crippen molar-refractivity contribution in [2.45, 2.75) is 12.5 Å². The van der Waals surface area contributed by atoms with Crippen LogP contribution in [-0.4, -0.2) is 22.5 Å². The van der Waals surface area contributed by atoms with Gasteiger partial charge in [0.1, 0.15) is 23.5 Å². The molecular formula is C24H18F3N3O.